The molecule has 16 heavy (non-hydrogen) atoms. The van der Waals surface area contributed by atoms with Gasteiger partial charge in [-0.05, 0) is 18.6 Å². The van der Waals surface area contributed by atoms with Crippen LogP contribution in [0.25, 0.3) is 0 Å². The van der Waals surface area contributed by atoms with Crippen molar-refractivity contribution >= 4 is 11.6 Å². The van der Waals surface area contributed by atoms with E-state index in [1.807, 2.05) is 0 Å². The topological polar surface area (TPSA) is 53.4 Å². The first-order valence-corrected chi connectivity index (χ1v) is 5.19. The first kappa shape index (κ1) is 13.1. The van der Waals surface area contributed by atoms with E-state index >= 15 is 0 Å². The summed E-state index contributed by atoms with van der Waals surface area (Å²) < 4.78 is 13.3. The minimum atomic E-state index is -1.03. The Balaban J connectivity index is 2.79. The van der Waals surface area contributed by atoms with Crippen LogP contribution in [0.3, 0.4) is 0 Å². The minimum absolute atomic E-state index is 0.0379. The molecule has 0 aliphatic heterocycles. The summed E-state index contributed by atoms with van der Waals surface area (Å²) in [5.74, 6) is -1.06. The highest BCUT2D eigenvalue weighted by molar-refractivity contribution is 6.29. The van der Waals surface area contributed by atoms with E-state index in [4.69, 9.17) is 16.7 Å². The molecule has 1 aromatic heterocycles. The standard InChI is InChI=1S/C11H13ClFNO2/c1-2-7(6-15)5-9(16)8-3-4-10(12)14-11(8)13/h2-4,7,9,15-16H,1,5-6H2. The number of hydrogen-bond acceptors (Lipinski definition) is 3. The van der Waals surface area contributed by atoms with E-state index in [0.29, 0.717) is 0 Å². The minimum Gasteiger partial charge on any atom is -0.396 e. The van der Waals surface area contributed by atoms with Gasteiger partial charge in [-0.3, -0.25) is 0 Å². The summed E-state index contributed by atoms with van der Waals surface area (Å²) in [6, 6.07) is 2.79. The van der Waals surface area contributed by atoms with Gasteiger partial charge in [0.2, 0.25) is 5.95 Å². The molecule has 3 nitrogen and oxygen atoms in total. The zero-order valence-electron chi connectivity index (χ0n) is 8.61. The molecule has 2 atom stereocenters. The maximum absolute atomic E-state index is 13.3. The van der Waals surface area contributed by atoms with Crippen LogP contribution in [0.4, 0.5) is 4.39 Å². The van der Waals surface area contributed by atoms with Crippen LogP contribution in [0.15, 0.2) is 24.8 Å². The van der Waals surface area contributed by atoms with Crippen LogP contribution in [0.2, 0.25) is 5.15 Å². The third kappa shape index (κ3) is 3.27. The van der Waals surface area contributed by atoms with Crippen LogP contribution >= 0.6 is 11.6 Å². The molecule has 2 N–H and O–H groups in total. The summed E-state index contributed by atoms with van der Waals surface area (Å²) in [4.78, 5) is 3.40. The second-order valence-electron chi connectivity index (χ2n) is 3.44. The van der Waals surface area contributed by atoms with E-state index in [-0.39, 0.29) is 29.7 Å². The Hall–Kier alpha value is -0.970. The molecule has 0 amide bonds. The number of rotatable bonds is 5. The Morgan fingerprint density at radius 1 is 1.56 bits per heavy atom. The predicted molar refractivity (Wildman–Crippen MR) is 59.6 cm³/mol. The highest BCUT2D eigenvalue weighted by atomic mass is 35.5. The SMILES string of the molecule is C=CC(CO)CC(O)c1ccc(Cl)nc1F. The van der Waals surface area contributed by atoms with E-state index < -0.39 is 12.1 Å². The third-order valence-corrected chi connectivity index (χ3v) is 2.51. The number of aliphatic hydroxyl groups excluding tert-OH is 2. The van der Waals surface area contributed by atoms with Gasteiger partial charge in [0.05, 0.1) is 6.10 Å². The van der Waals surface area contributed by atoms with Gasteiger partial charge in [0.15, 0.2) is 0 Å². The molecule has 0 aromatic carbocycles. The van der Waals surface area contributed by atoms with Gasteiger partial charge < -0.3 is 10.2 Å². The second kappa shape index (κ2) is 5.94. The molecular weight excluding hydrogens is 233 g/mol. The van der Waals surface area contributed by atoms with E-state index in [2.05, 4.69) is 11.6 Å². The van der Waals surface area contributed by atoms with Crippen molar-refractivity contribution in [3.63, 3.8) is 0 Å². The molecule has 0 radical (unpaired) electrons. The molecule has 5 heteroatoms. The summed E-state index contributed by atoms with van der Waals surface area (Å²) in [5.41, 5.74) is 0.0738. The highest BCUT2D eigenvalue weighted by Gasteiger charge is 2.17. The summed E-state index contributed by atoms with van der Waals surface area (Å²) in [5, 5.41) is 18.7. The average molecular weight is 246 g/mol. The van der Waals surface area contributed by atoms with Crippen molar-refractivity contribution in [2.24, 2.45) is 5.92 Å². The van der Waals surface area contributed by atoms with E-state index in [0.717, 1.165) is 0 Å². The van der Waals surface area contributed by atoms with Gasteiger partial charge >= 0.3 is 0 Å². The fourth-order valence-electron chi connectivity index (χ4n) is 1.33. The molecule has 1 aromatic rings. The molecule has 0 aliphatic rings. The summed E-state index contributed by atoms with van der Waals surface area (Å²) in [6.07, 6.45) is 0.685. The monoisotopic (exact) mass is 245 g/mol. The largest absolute Gasteiger partial charge is 0.396 e. The van der Waals surface area contributed by atoms with Crippen LogP contribution in [0.1, 0.15) is 18.1 Å². The fourth-order valence-corrected chi connectivity index (χ4v) is 1.47. The lowest BCUT2D eigenvalue weighted by molar-refractivity contribution is 0.127. The maximum Gasteiger partial charge on any atom is 0.220 e. The first-order chi connectivity index (χ1) is 7.58. The lowest BCUT2D eigenvalue weighted by Gasteiger charge is -2.15. The molecular formula is C11H13ClFNO2. The van der Waals surface area contributed by atoms with Crippen molar-refractivity contribution in [1.82, 2.24) is 4.98 Å². The van der Waals surface area contributed by atoms with Gasteiger partial charge in [-0.15, -0.1) is 6.58 Å². The van der Waals surface area contributed by atoms with E-state index in [9.17, 15) is 9.50 Å². The maximum atomic E-state index is 13.3. The van der Waals surface area contributed by atoms with Crippen LogP contribution in [-0.4, -0.2) is 21.8 Å². The van der Waals surface area contributed by atoms with Gasteiger partial charge in [-0.2, -0.15) is 4.39 Å². The highest BCUT2D eigenvalue weighted by Crippen LogP contribution is 2.24. The Bertz CT molecular complexity index is 373. The smallest absolute Gasteiger partial charge is 0.220 e. The van der Waals surface area contributed by atoms with E-state index in [1.165, 1.54) is 18.2 Å². The van der Waals surface area contributed by atoms with Crippen LogP contribution in [-0.2, 0) is 0 Å². The van der Waals surface area contributed by atoms with Crippen molar-refractivity contribution in [3.8, 4) is 0 Å². The van der Waals surface area contributed by atoms with Gasteiger partial charge in [-0.1, -0.05) is 17.7 Å². The lowest BCUT2D eigenvalue weighted by atomic mass is 9.98. The number of halogens is 2. The average Bonchev–Trinajstić information content (AvgIpc) is 2.25. The van der Waals surface area contributed by atoms with E-state index in [1.54, 1.807) is 0 Å². The van der Waals surface area contributed by atoms with Gasteiger partial charge in [0.1, 0.15) is 5.15 Å². The van der Waals surface area contributed by atoms with Crippen molar-refractivity contribution in [3.05, 3.63) is 41.5 Å². The van der Waals surface area contributed by atoms with Crippen molar-refractivity contribution < 1.29 is 14.6 Å². The van der Waals surface area contributed by atoms with Crippen molar-refractivity contribution in [2.75, 3.05) is 6.61 Å². The van der Waals surface area contributed by atoms with Gasteiger partial charge in [-0.25, -0.2) is 4.98 Å². The molecule has 0 fully saturated rings. The van der Waals surface area contributed by atoms with Crippen LogP contribution < -0.4 is 0 Å². The number of pyridine rings is 1. The Morgan fingerprint density at radius 2 is 2.25 bits per heavy atom. The molecule has 2 unspecified atom stereocenters. The molecule has 88 valence electrons. The molecule has 0 bridgehead atoms. The summed E-state index contributed by atoms with van der Waals surface area (Å²) in [6.45, 7) is 3.38. The van der Waals surface area contributed by atoms with Crippen molar-refractivity contribution in [1.29, 1.82) is 0 Å². The summed E-state index contributed by atoms with van der Waals surface area (Å²) in [7, 11) is 0. The number of hydrogen-bond donors (Lipinski definition) is 2. The second-order valence-corrected chi connectivity index (χ2v) is 3.83. The molecule has 0 aliphatic carbocycles. The number of aliphatic hydroxyl groups is 2. The third-order valence-electron chi connectivity index (χ3n) is 2.30. The Morgan fingerprint density at radius 3 is 2.75 bits per heavy atom. The zero-order valence-corrected chi connectivity index (χ0v) is 9.36. The lowest BCUT2D eigenvalue weighted by Crippen LogP contribution is -2.10. The molecule has 0 saturated carbocycles. The molecule has 1 rings (SSSR count). The quantitative estimate of drug-likeness (QED) is 0.617. The fraction of sp³-hybridized carbons (Fsp3) is 0.364. The normalized spacial score (nSPS) is 14.5. The number of aromatic nitrogens is 1. The molecule has 0 spiro atoms. The van der Waals surface area contributed by atoms with Gasteiger partial charge in [0, 0.05) is 18.1 Å². The first-order valence-electron chi connectivity index (χ1n) is 4.82. The predicted octanol–water partition coefficient (Wildman–Crippen LogP) is 2.09. The molecule has 1 heterocycles. The van der Waals surface area contributed by atoms with Crippen LogP contribution in [0.5, 0.6) is 0 Å². The molecule has 0 saturated heterocycles. The van der Waals surface area contributed by atoms with Crippen molar-refractivity contribution in [2.45, 2.75) is 12.5 Å². The Labute approximate surface area is 98.2 Å². The Kier molecular flexibility index (Phi) is 4.86. The van der Waals surface area contributed by atoms with Gasteiger partial charge in [0.25, 0.3) is 0 Å². The number of nitrogens with zero attached hydrogens (tertiary/aromatic N) is 1. The summed E-state index contributed by atoms with van der Waals surface area (Å²) >= 11 is 5.49. The van der Waals surface area contributed by atoms with Crippen LogP contribution in [0, 0.1) is 11.9 Å². The zero-order chi connectivity index (χ0) is 12.1.